The molecule has 0 bridgehead atoms. The first kappa shape index (κ1) is 19.8. The second-order valence-electron chi connectivity index (χ2n) is 6.06. The zero-order valence-corrected chi connectivity index (χ0v) is 15.9. The van der Waals surface area contributed by atoms with Gasteiger partial charge in [-0.1, -0.05) is 43.6 Å². The van der Waals surface area contributed by atoms with Crippen LogP contribution in [0.25, 0.3) is 0 Å². The largest absolute Gasteiger partial charge is 0.483 e. The zero-order valence-electron chi connectivity index (χ0n) is 15.1. The highest BCUT2D eigenvalue weighted by Crippen LogP contribution is 2.28. The minimum absolute atomic E-state index is 0.106. The maximum absolute atomic E-state index is 12.2. The number of amides is 2. The molecule has 0 aromatic heterocycles. The summed E-state index contributed by atoms with van der Waals surface area (Å²) in [6.45, 7) is 5.52. The van der Waals surface area contributed by atoms with Crippen LogP contribution < -0.4 is 15.4 Å². The molecule has 0 aliphatic heterocycles. The number of nitrogens with one attached hydrogen (secondary N) is 2. The van der Waals surface area contributed by atoms with Gasteiger partial charge in [0.2, 0.25) is 5.91 Å². The average Bonchev–Trinajstić information content (AvgIpc) is 2.62. The smallest absolute Gasteiger partial charge is 0.262 e. The van der Waals surface area contributed by atoms with Gasteiger partial charge in [0.25, 0.3) is 5.91 Å². The van der Waals surface area contributed by atoms with Gasteiger partial charge in [-0.15, -0.1) is 0 Å². The molecule has 2 aromatic carbocycles. The summed E-state index contributed by atoms with van der Waals surface area (Å²) in [7, 11) is 0. The van der Waals surface area contributed by atoms with E-state index >= 15 is 0 Å². The lowest BCUT2D eigenvalue weighted by atomic mass is 9.98. The van der Waals surface area contributed by atoms with Gasteiger partial charge in [-0.2, -0.15) is 0 Å². The Bertz CT molecular complexity index is 792. The predicted molar refractivity (Wildman–Crippen MR) is 105 cm³/mol. The molecule has 0 heterocycles. The second-order valence-corrected chi connectivity index (χ2v) is 6.47. The van der Waals surface area contributed by atoms with E-state index in [4.69, 9.17) is 16.3 Å². The summed E-state index contributed by atoms with van der Waals surface area (Å²) in [5.41, 5.74) is 2.06. The van der Waals surface area contributed by atoms with E-state index in [1.807, 2.05) is 24.3 Å². The molecule has 1 atom stereocenters. The number of para-hydroxylation sites is 1. The summed E-state index contributed by atoms with van der Waals surface area (Å²) in [6.07, 6.45) is 0.989. The van der Waals surface area contributed by atoms with Crippen molar-refractivity contribution in [1.29, 1.82) is 0 Å². The molecule has 26 heavy (non-hydrogen) atoms. The number of carbonyl (C=O) groups excluding carboxylic acids is 2. The number of halogens is 1. The fraction of sp³-hybridized carbons (Fsp3) is 0.300. The van der Waals surface area contributed by atoms with Crippen molar-refractivity contribution in [2.75, 3.05) is 17.2 Å². The Labute approximate surface area is 158 Å². The van der Waals surface area contributed by atoms with Crippen molar-refractivity contribution in [1.82, 2.24) is 0 Å². The summed E-state index contributed by atoms with van der Waals surface area (Å²) in [5, 5.41) is 5.76. The van der Waals surface area contributed by atoms with Crippen LogP contribution in [-0.4, -0.2) is 18.4 Å². The molecule has 0 saturated carbocycles. The second kappa shape index (κ2) is 9.25. The molecule has 1 unspecified atom stereocenters. The maximum atomic E-state index is 12.2. The summed E-state index contributed by atoms with van der Waals surface area (Å²) in [4.78, 5) is 23.4. The number of anilines is 2. The van der Waals surface area contributed by atoms with Crippen molar-refractivity contribution in [2.24, 2.45) is 0 Å². The average molecular weight is 375 g/mol. The van der Waals surface area contributed by atoms with E-state index in [1.165, 1.54) is 6.92 Å². The predicted octanol–water partition coefficient (Wildman–Crippen LogP) is 4.83. The Balaban J connectivity index is 2.01. The van der Waals surface area contributed by atoms with Crippen molar-refractivity contribution >= 4 is 34.8 Å². The number of ether oxygens (including phenoxy) is 1. The summed E-state index contributed by atoms with van der Waals surface area (Å²) in [5.74, 6) is 0.540. The zero-order chi connectivity index (χ0) is 19.1. The summed E-state index contributed by atoms with van der Waals surface area (Å²) >= 11 is 6.03. The van der Waals surface area contributed by atoms with E-state index in [0.717, 1.165) is 12.0 Å². The molecule has 2 amide bonds. The van der Waals surface area contributed by atoms with Gasteiger partial charge < -0.3 is 15.4 Å². The van der Waals surface area contributed by atoms with Crippen LogP contribution in [-0.2, 0) is 9.59 Å². The monoisotopic (exact) mass is 374 g/mol. The fourth-order valence-electron chi connectivity index (χ4n) is 2.47. The van der Waals surface area contributed by atoms with E-state index in [9.17, 15) is 9.59 Å². The number of hydrogen-bond donors (Lipinski definition) is 2. The standard InChI is InChI=1S/C20H23ClN2O3/c1-4-13(2)16-7-5-6-8-19(16)26-12-20(25)23-15-9-10-17(21)18(11-15)22-14(3)24/h5-11,13H,4,12H2,1-3H3,(H,22,24)(H,23,25). The molecule has 0 spiro atoms. The van der Waals surface area contributed by atoms with Gasteiger partial charge in [0.1, 0.15) is 5.75 Å². The number of hydrogen-bond acceptors (Lipinski definition) is 3. The van der Waals surface area contributed by atoms with Gasteiger partial charge in [-0.3, -0.25) is 9.59 Å². The lowest BCUT2D eigenvalue weighted by Gasteiger charge is -2.15. The quantitative estimate of drug-likeness (QED) is 0.729. The fourth-order valence-corrected chi connectivity index (χ4v) is 2.63. The third-order valence-corrected chi connectivity index (χ3v) is 4.31. The van der Waals surface area contributed by atoms with Crippen LogP contribution in [0.4, 0.5) is 11.4 Å². The molecular weight excluding hydrogens is 352 g/mol. The molecule has 6 heteroatoms. The van der Waals surface area contributed by atoms with Gasteiger partial charge in [0, 0.05) is 12.6 Å². The molecule has 2 N–H and O–H groups in total. The third-order valence-electron chi connectivity index (χ3n) is 3.98. The van der Waals surface area contributed by atoms with Crippen molar-refractivity contribution < 1.29 is 14.3 Å². The van der Waals surface area contributed by atoms with Crippen molar-refractivity contribution in [2.45, 2.75) is 33.1 Å². The van der Waals surface area contributed by atoms with Gasteiger partial charge in [-0.05, 0) is 42.2 Å². The van der Waals surface area contributed by atoms with Crippen molar-refractivity contribution in [3.63, 3.8) is 0 Å². The first-order valence-corrected chi connectivity index (χ1v) is 8.87. The molecule has 2 aromatic rings. The highest BCUT2D eigenvalue weighted by atomic mass is 35.5. The molecule has 0 aliphatic rings. The molecule has 5 nitrogen and oxygen atoms in total. The first-order valence-electron chi connectivity index (χ1n) is 8.49. The van der Waals surface area contributed by atoms with Crippen LogP contribution in [0.15, 0.2) is 42.5 Å². The van der Waals surface area contributed by atoms with Crippen LogP contribution in [0.3, 0.4) is 0 Å². The van der Waals surface area contributed by atoms with Gasteiger partial charge in [0.05, 0.1) is 10.7 Å². The maximum Gasteiger partial charge on any atom is 0.262 e. The van der Waals surface area contributed by atoms with E-state index in [2.05, 4.69) is 24.5 Å². The molecule has 0 radical (unpaired) electrons. The SMILES string of the molecule is CCC(C)c1ccccc1OCC(=O)Nc1ccc(Cl)c(NC(C)=O)c1. The van der Waals surface area contributed by atoms with Gasteiger partial charge in [0.15, 0.2) is 6.61 Å². The summed E-state index contributed by atoms with van der Waals surface area (Å²) < 4.78 is 5.70. The minimum Gasteiger partial charge on any atom is -0.483 e. The molecule has 0 saturated heterocycles. The molecule has 2 rings (SSSR count). The van der Waals surface area contributed by atoms with Crippen LogP contribution in [0.2, 0.25) is 5.02 Å². The van der Waals surface area contributed by atoms with Gasteiger partial charge in [-0.25, -0.2) is 0 Å². The number of carbonyl (C=O) groups is 2. The van der Waals surface area contributed by atoms with Crippen LogP contribution in [0, 0.1) is 0 Å². The number of benzene rings is 2. The first-order chi connectivity index (χ1) is 12.4. The Morgan fingerprint density at radius 2 is 1.88 bits per heavy atom. The van der Waals surface area contributed by atoms with Crippen LogP contribution >= 0.6 is 11.6 Å². The highest BCUT2D eigenvalue weighted by Gasteiger charge is 2.12. The topological polar surface area (TPSA) is 67.4 Å². The summed E-state index contributed by atoms with van der Waals surface area (Å²) in [6, 6.07) is 12.6. The Morgan fingerprint density at radius 3 is 2.58 bits per heavy atom. The van der Waals surface area contributed by atoms with E-state index in [0.29, 0.717) is 28.1 Å². The lowest BCUT2D eigenvalue weighted by Crippen LogP contribution is -2.20. The molecule has 0 aliphatic carbocycles. The Hall–Kier alpha value is -2.53. The van der Waals surface area contributed by atoms with E-state index in [1.54, 1.807) is 18.2 Å². The molecule has 0 fully saturated rings. The van der Waals surface area contributed by atoms with Crippen LogP contribution in [0.5, 0.6) is 5.75 Å². The number of rotatable bonds is 7. The van der Waals surface area contributed by atoms with Crippen molar-refractivity contribution in [3.05, 3.63) is 53.1 Å². The normalized spacial score (nSPS) is 11.5. The molecular formula is C20H23ClN2O3. The van der Waals surface area contributed by atoms with Crippen molar-refractivity contribution in [3.8, 4) is 5.75 Å². The van der Waals surface area contributed by atoms with E-state index < -0.39 is 0 Å². The Morgan fingerprint density at radius 1 is 1.15 bits per heavy atom. The lowest BCUT2D eigenvalue weighted by molar-refractivity contribution is -0.118. The third kappa shape index (κ3) is 5.49. The van der Waals surface area contributed by atoms with E-state index in [-0.39, 0.29) is 18.4 Å². The van der Waals surface area contributed by atoms with Gasteiger partial charge >= 0.3 is 0 Å². The minimum atomic E-state index is -0.292. The highest BCUT2D eigenvalue weighted by molar-refractivity contribution is 6.33. The van der Waals surface area contributed by atoms with Crippen LogP contribution in [0.1, 0.15) is 38.7 Å². The molecule has 138 valence electrons. The Kier molecular flexibility index (Phi) is 7.04.